The molecule has 2 aliphatic rings. The standard InChI is InChI=1S/C21H32N4O3/c1-28-19-9-7-18(8-10-19)23-14-16-25(17-15-23)21(27)22-11-5-13-24-12-4-2-3-6-20(24)26/h7-10H,2-6,11-17H2,1H3,(H,22,27). The van der Waals surface area contributed by atoms with Crippen LogP contribution in [0.2, 0.25) is 0 Å². The number of hydrogen-bond acceptors (Lipinski definition) is 4. The van der Waals surface area contributed by atoms with E-state index in [1.165, 1.54) is 0 Å². The van der Waals surface area contributed by atoms with Crippen molar-refractivity contribution in [2.75, 3.05) is 57.8 Å². The first-order chi connectivity index (χ1) is 13.7. The van der Waals surface area contributed by atoms with Gasteiger partial charge in [-0.2, -0.15) is 0 Å². The molecule has 3 rings (SSSR count). The lowest BCUT2D eigenvalue weighted by atomic mass is 10.2. The number of benzene rings is 1. The lowest BCUT2D eigenvalue weighted by Crippen LogP contribution is -2.52. The molecule has 0 unspecified atom stereocenters. The van der Waals surface area contributed by atoms with Crippen molar-refractivity contribution in [3.05, 3.63) is 24.3 Å². The third-order valence-electron chi connectivity index (χ3n) is 5.56. The average molecular weight is 389 g/mol. The molecule has 0 aromatic heterocycles. The van der Waals surface area contributed by atoms with Crippen LogP contribution in [-0.2, 0) is 4.79 Å². The van der Waals surface area contributed by atoms with Crippen LogP contribution in [0.15, 0.2) is 24.3 Å². The number of amides is 3. The second-order valence-electron chi connectivity index (χ2n) is 7.45. The lowest BCUT2D eigenvalue weighted by Gasteiger charge is -2.36. The van der Waals surface area contributed by atoms with E-state index in [0.717, 1.165) is 63.3 Å². The van der Waals surface area contributed by atoms with E-state index < -0.39 is 0 Å². The van der Waals surface area contributed by atoms with Gasteiger partial charge < -0.3 is 24.8 Å². The van der Waals surface area contributed by atoms with E-state index in [4.69, 9.17) is 4.74 Å². The van der Waals surface area contributed by atoms with Crippen LogP contribution in [0.1, 0.15) is 32.1 Å². The fourth-order valence-corrected chi connectivity index (χ4v) is 3.81. The normalized spacial score (nSPS) is 18.0. The quantitative estimate of drug-likeness (QED) is 0.760. The number of likely N-dealkylation sites (tertiary alicyclic amines) is 1. The predicted molar refractivity (Wildman–Crippen MR) is 110 cm³/mol. The molecular formula is C21H32N4O3. The molecule has 154 valence electrons. The van der Waals surface area contributed by atoms with Crippen LogP contribution < -0.4 is 15.0 Å². The van der Waals surface area contributed by atoms with Crippen molar-refractivity contribution in [3.63, 3.8) is 0 Å². The summed E-state index contributed by atoms with van der Waals surface area (Å²) in [6, 6.07) is 8.03. The van der Waals surface area contributed by atoms with Crippen molar-refractivity contribution in [2.45, 2.75) is 32.1 Å². The smallest absolute Gasteiger partial charge is 0.317 e. The fraction of sp³-hybridized carbons (Fsp3) is 0.619. The number of piperazine rings is 1. The van der Waals surface area contributed by atoms with Crippen molar-refractivity contribution in [2.24, 2.45) is 0 Å². The maximum atomic E-state index is 12.4. The highest BCUT2D eigenvalue weighted by molar-refractivity contribution is 5.76. The van der Waals surface area contributed by atoms with E-state index in [9.17, 15) is 9.59 Å². The molecule has 0 saturated carbocycles. The van der Waals surface area contributed by atoms with Crippen LogP contribution in [-0.4, -0.2) is 74.7 Å². The molecule has 0 aliphatic carbocycles. The Morgan fingerprint density at radius 2 is 1.79 bits per heavy atom. The van der Waals surface area contributed by atoms with Crippen LogP contribution in [0.5, 0.6) is 5.75 Å². The Bertz CT molecular complexity index is 642. The molecule has 2 heterocycles. The minimum absolute atomic E-state index is 0.00317. The summed E-state index contributed by atoms with van der Waals surface area (Å²) in [5.41, 5.74) is 1.16. The van der Waals surface area contributed by atoms with E-state index in [1.54, 1.807) is 7.11 Å². The molecule has 0 radical (unpaired) electrons. The summed E-state index contributed by atoms with van der Waals surface area (Å²) < 4.78 is 5.20. The third-order valence-corrected chi connectivity index (χ3v) is 5.56. The van der Waals surface area contributed by atoms with Gasteiger partial charge in [-0.15, -0.1) is 0 Å². The number of carbonyl (C=O) groups excluding carboxylic acids is 2. The topological polar surface area (TPSA) is 65.1 Å². The molecule has 7 heteroatoms. The first-order valence-corrected chi connectivity index (χ1v) is 10.4. The molecule has 0 atom stereocenters. The van der Waals surface area contributed by atoms with Gasteiger partial charge in [-0.1, -0.05) is 6.42 Å². The molecule has 28 heavy (non-hydrogen) atoms. The number of urea groups is 1. The number of nitrogens with zero attached hydrogens (tertiary/aromatic N) is 3. The van der Waals surface area contributed by atoms with Gasteiger partial charge in [-0.3, -0.25) is 4.79 Å². The fourth-order valence-electron chi connectivity index (χ4n) is 3.81. The Hall–Kier alpha value is -2.44. The first kappa shape index (κ1) is 20.3. The number of nitrogens with one attached hydrogen (secondary N) is 1. The van der Waals surface area contributed by atoms with Gasteiger partial charge in [-0.25, -0.2) is 4.79 Å². The van der Waals surface area contributed by atoms with Gasteiger partial charge in [0.25, 0.3) is 0 Å². The maximum Gasteiger partial charge on any atom is 0.317 e. The largest absolute Gasteiger partial charge is 0.497 e. The van der Waals surface area contributed by atoms with Crippen LogP contribution in [0.4, 0.5) is 10.5 Å². The molecule has 0 spiro atoms. The Balaban J connectivity index is 1.35. The summed E-state index contributed by atoms with van der Waals surface area (Å²) in [5.74, 6) is 1.11. The van der Waals surface area contributed by atoms with E-state index in [-0.39, 0.29) is 11.9 Å². The highest BCUT2D eigenvalue weighted by Crippen LogP contribution is 2.20. The van der Waals surface area contributed by atoms with Gasteiger partial charge in [0, 0.05) is 57.9 Å². The SMILES string of the molecule is COc1ccc(N2CCN(C(=O)NCCCN3CCCCCC3=O)CC2)cc1. The van der Waals surface area contributed by atoms with Crippen LogP contribution in [0.25, 0.3) is 0 Å². The zero-order valence-electron chi connectivity index (χ0n) is 16.9. The maximum absolute atomic E-state index is 12.4. The van der Waals surface area contributed by atoms with Gasteiger partial charge in [-0.05, 0) is 43.5 Å². The Kier molecular flexibility index (Phi) is 7.39. The Morgan fingerprint density at radius 3 is 2.50 bits per heavy atom. The summed E-state index contributed by atoms with van der Waals surface area (Å²) in [6.45, 7) is 5.28. The number of anilines is 1. The molecule has 0 bridgehead atoms. The first-order valence-electron chi connectivity index (χ1n) is 10.4. The van der Waals surface area contributed by atoms with Gasteiger partial charge >= 0.3 is 6.03 Å². The summed E-state index contributed by atoms with van der Waals surface area (Å²) in [4.78, 5) is 30.5. The van der Waals surface area contributed by atoms with Crippen LogP contribution >= 0.6 is 0 Å². The molecule has 3 amide bonds. The lowest BCUT2D eigenvalue weighted by molar-refractivity contribution is -0.130. The third kappa shape index (κ3) is 5.53. The zero-order valence-corrected chi connectivity index (χ0v) is 16.9. The zero-order chi connectivity index (χ0) is 19.8. The van der Waals surface area contributed by atoms with Crippen LogP contribution in [0.3, 0.4) is 0 Å². The highest BCUT2D eigenvalue weighted by Gasteiger charge is 2.21. The number of carbonyl (C=O) groups is 2. The average Bonchev–Trinajstić information content (AvgIpc) is 2.95. The van der Waals surface area contributed by atoms with Gasteiger partial charge in [0.2, 0.25) is 5.91 Å². The second kappa shape index (κ2) is 10.2. The summed E-state index contributed by atoms with van der Waals surface area (Å²) in [6.07, 6.45) is 4.72. The van der Waals surface area contributed by atoms with E-state index in [0.29, 0.717) is 26.1 Å². The molecule has 1 aromatic rings. The van der Waals surface area contributed by atoms with E-state index in [2.05, 4.69) is 22.3 Å². The number of ether oxygens (including phenoxy) is 1. The van der Waals surface area contributed by atoms with Gasteiger partial charge in [0.15, 0.2) is 0 Å². The Labute approximate surface area is 167 Å². The van der Waals surface area contributed by atoms with Crippen molar-refractivity contribution in [3.8, 4) is 5.75 Å². The predicted octanol–water partition coefficient (Wildman–Crippen LogP) is 2.32. The van der Waals surface area contributed by atoms with E-state index >= 15 is 0 Å². The minimum atomic E-state index is -0.00317. The highest BCUT2D eigenvalue weighted by atomic mass is 16.5. The van der Waals surface area contributed by atoms with Gasteiger partial charge in [0.05, 0.1) is 7.11 Å². The van der Waals surface area contributed by atoms with Crippen LogP contribution in [0, 0.1) is 0 Å². The van der Waals surface area contributed by atoms with Crippen molar-refractivity contribution in [1.29, 1.82) is 0 Å². The van der Waals surface area contributed by atoms with E-state index in [1.807, 2.05) is 21.9 Å². The van der Waals surface area contributed by atoms with Crippen molar-refractivity contribution >= 4 is 17.6 Å². The monoisotopic (exact) mass is 388 g/mol. The molecule has 2 fully saturated rings. The molecule has 2 aliphatic heterocycles. The number of hydrogen-bond donors (Lipinski definition) is 1. The van der Waals surface area contributed by atoms with Crippen molar-refractivity contribution < 1.29 is 14.3 Å². The summed E-state index contributed by atoms with van der Waals surface area (Å²) in [5, 5.41) is 3.01. The minimum Gasteiger partial charge on any atom is -0.497 e. The number of rotatable bonds is 6. The van der Waals surface area contributed by atoms with Crippen molar-refractivity contribution in [1.82, 2.24) is 15.1 Å². The van der Waals surface area contributed by atoms with Gasteiger partial charge in [0.1, 0.15) is 5.75 Å². The molecule has 7 nitrogen and oxygen atoms in total. The number of methoxy groups -OCH3 is 1. The molecule has 1 aromatic carbocycles. The molecule has 2 saturated heterocycles. The second-order valence-corrected chi connectivity index (χ2v) is 7.45. The summed E-state index contributed by atoms with van der Waals surface area (Å²) in [7, 11) is 1.66. The Morgan fingerprint density at radius 1 is 1.04 bits per heavy atom. The molecular weight excluding hydrogens is 356 g/mol. The summed E-state index contributed by atoms with van der Waals surface area (Å²) >= 11 is 0. The molecule has 1 N–H and O–H groups in total.